The maximum atomic E-state index is 14.1. The van der Waals surface area contributed by atoms with Crippen molar-refractivity contribution in [2.24, 2.45) is 0 Å². The second-order valence-corrected chi connectivity index (χ2v) is 8.12. The van der Waals surface area contributed by atoms with Crippen molar-refractivity contribution in [3.8, 4) is 28.3 Å². The maximum absolute atomic E-state index is 14.1. The Kier molecular flexibility index (Phi) is 6.36. The fourth-order valence-electron chi connectivity index (χ4n) is 4.03. The summed E-state index contributed by atoms with van der Waals surface area (Å²) in [7, 11) is 2.86. The van der Waals surface area contributed by atoms with Crippen LogP contribution in [0.1, 0.15) is 11.4 Å². The molecule has 1 amide bonds. The van der Waals surface area contributed by atoms with Gasteiger partial charge in [0.25, 0.3) is 5.56 Å². The summed E-state index contributed by atoms with van der Waals surface area (Å²) in [6, 6.07) is 12.7. The zero-order valence-electron chi connectivity index (χ0n) is 20.0. The van der Waals surface area contributed by atoms with Crippen LogP contribution < -0.4 is 15.6 Å². The van der Waals surface area contributed by atoms with Crippen molar-refractivity contribution >= 4 is 22.7 Å². The lowest BCUT2D eigenvalue weighted by Crippen LogP contribution is -2.24. The second kappa shape index (κ2) is 9.67. The molecule has 10 nitrogen and oxygen atoms in total. The van der Waals surface area contributed by atoms with Crippen LogP contribution >= 0.6 is 0 Å². The van der Waals surface area contributed by atoms with Gasteiger partial charge in [0.1, 0.15) is 23.6 Å². The van der Waals surface area contributed by atoms with E-state index in [-0.39, 0.29) is 52.7 Å². The third-order valence-corrected chi connectivity index (χ3v) is 5.77. The lowest BCUT2D eigenvalue weighted by atomic mass is 10.1. The van der Waals surface area contributed by atoms with E-state index in [0.717, 1.165) is 0 Å². The number of ether oxygens (including phenoxy) is 2. The molecule has 0 aliphatic rings. The Morgan fingerprint density at radius 2 is 1.87 bits per heavy atom. The number of hydrogen-bond donors (Lipinski definition) is 2. The summed E-state index contributed by atoms with van der Waals surface area (Å²) in [5, 5.41) is 4.56. The molecule has 2 N–H and O–H groups in total. The van der Waals surface area contributed by atoms with E-state index in [4.69, 9.17) is 13.9 Å². The second-order valence-electron chi connectivity index (χ2n) is 8.12. The van der Waals surface area contributed by atoms with Crippen LogP contribution in [0.15, 0.2) is 57.7 Å². The number of hydrogen-bond acceptors (Lipinski definition) is 7. The average Bonchev–Trinajstić information content (AvgIpc) is 3.51. The van der Waals surface area contributed by atoms with Gasteiger partial charge >= 0.3 is 6.18 Å². The number of para-hydroxylation sites is 1. The molecule has 0 aliphatic heterocycles. The molecule has 3 aromatic heterocycles. The van der Waals surface area contributed by atoms with Crippen molar-refractivity contribution < 1.29 is 31.9 Å². The number of alkyl halides is 3. The first-order valence-electron chi connectivity index (χ1n) is 11.3. The van der Waals surface area contributed by atoms with Gasteiger partial charge in [0.05, 0.1) is 25.0 Å². The van der Waals surface area contributed by atoms with Crippen molar-refractivity contribution in [3.63, 3.8) is 0 Å². The molecule has 0 bridgehead atoms. The number of amides is 1. The number of rotatable bonds is 7. The largest absolute Gasteiger partial charge is 0.494 e. The van der Waals surface area contributed by atoms with E-state index in [9.17, 15) is 22.8 Å². The van der Waals surface area contributed by atoms with Crippen LogP contribution in [0.3, 0.4) is 0 Å². The van der Waals surface area contributed by atoms with E-state index in [1.807, 2.05) is 0 Å². The first kappa shape index (κ1) is 25.0. The molecule has 196 valence electrons. The smallest absolute Gasteiger partial charge is 0.433 e. The van der Waals surface area contributed by atoms with Crippen molar-refractivity contribution in [3.05, 3.63) is 70.3 Å². The number of carbonyl (C=O) groups excluding carboxylic acids is 1. The highest BCUT2D eigenvalue weighted by Gasteiger charge is 2.39. The van der Waals surface area contributed by atoms with Crippen LogP contribution in [0.4, 0.5) is 13.2 Å². The number of halogens is 3. The van der Waals surface area contributed by atoms with Crippen LogP contribution in [0.25, 0.3) is 39.3 Å². The van der Waals surface area contributed by atoms with Gasteiger partial charge in [0.2, 0.25) is 11.8 Å². The van der Waals surface area contributed by atoms with Gasteiger partial charge in [-0.15, -0.1) is 0 Å². The van der Waals surface area contributed by atoms with Crippen LogP contribution in [-0.4, -0.2) is 46.3 Å². The van der Waals surface area contributed by atoms with E-state index in [1.165, 1.54) is 26.3 Å². The Balaban J connectivity index is 1.79. The van der Waals surface area contributed by atoms with Crippen LogP contribution in [0.5, 0.6) is 5.75 Å². The molecule has 13 heteroatoms. The Morgan fingerprint density at radius 1 is 1.11 bits per heavy atom. The number of H-pyrrole nitrogens is 1. The Labute approximate surface area is 212 Å². The number of oxazole rings is 1. The van der Waals surface area contributed by atoms with Gasteiger partial charge in [-0.1, -0.05) is 36.4 Å². The van der Waals surface area contributed by atoms with Crippen molar-refractivity contribution in [1.82, 2.24) is 24.9 Å². The van der Waals surface area contributed by atoms with Gasteiger partial charge in [-0.25, -0.2) is 9.97 Å². The average molecular weight is 527 g/mol. The molecule has 2 aromatic carbocycles. The summed E-state index contributed by atoms with van der Waals surface area (Å²) in [6.07, 6.45) is -4.83. The number of carbonyl (C=O) groups is 1. The molecule has 5 rings (SSSR count). The Hall–Kier alpha value is -4.65. The lowest BCUT2D eigenvalue weighted by Gasteiger charge is -2.09. The predicted molar refractivity (Wildman–Crippen MR) is 130 cm³/mol. The summed E-state index contributed by atoms with van der Waals surface area (Å²) in [4.78, 5) is 34.2. The molecule has 0 radical (unpaired) electrons. The van der Waals surface area contributed by atoms with E-state index in [1.54, 1.807) is 36.4 Å². The summed E-state index contributed by atoms with van der Waals surface area (Å²) in [6.45, 7) is -0.754. The minimum absolute atomic E-state index is 0.0608. The summed E-state index contributed by atoms with van der Waals surface area (Å²) in [5.74, 6) is -0.268. The molecule has 0 saturated carbocycles. The third kappa shape index (κ3) is 4.36. The van der Waals surface area contributed by atoms with Gasteiger partial charge in [-0.3, -0.25) is 14.7 Å². The van der Waals surface area contributed by atoms with Crippen LogP contribution in [0.2, 0.25) is 0 Å². The normalized spacial score (nSPS) is 11.8. The zero-order chi connectivity index (χ0) is 27.0. The molecule has 0 saturated heterocycles. The van der Waals surface area contributed by atoms with Crippen LogP contribution in [-0.2, 0) is 22.3 Å². The maximum Gasteiger partial charge on any atom is 0.433 e. The highest BCUT2D eigenvalue weighted by Crippen LogP contribution is 2.39. The van der Waals surface area contributed by atoms with Crippen molar-refractivity contribution in [2.75, 3.05) is 20.8 Å². The van der Waals surface area contributed by atoms with E-state index >= 15 is 0 Å². The molecule has 0 spiro atoms. The molecule has 38 heavy (non-hydrogen) atoms. The number of nitrogens with one attached hydrogen (secondary N) is 2. The number of aromatic nitrogens is 4. The molecule has 5 aromatic rings. The fourth-order valence-corrected chi connectivity index (χ4v) is 4.03. The summed E-state index contributed by atoms with van der Waals surface area (Å²) < 4.78 is 59.5. The van der Waals surface area contributed by atoms with Gasteiger partial charge in [-0.05, 0) is 17.7 Å². The van der Waals surface area contributed by atoms with Gasteiger partial charge < -0.3 is 19.2 Å². The highest BCUT2D eigenvalue weighted by molar-refractivity contribution is 5.84. The quantitative estimate of drug-likeness (QED) is 0.330. The standard InChI is InChI=1S/C25H20F3N5O5/c1-29-17(34)12-37-11-14-19(23-31-20-15(36-2)9-6-10-16(20)38-23)24(35)33-22(30-14)18(13-7-4-3-5-8-13)21(32-33)25(26,27)28/h3-10,32H,11-12H2,1-2H3,(H,29,34). The summed E-state index contributed by atoms with van der Waals surface area (Å²) in [5.41, 5.74) is -2.14. The molecule has 0 fully saturated rings. The molecule has 3 heterocycles. The first-order chi connectivity index (χ1) is 18.2. The van der Waals surface area contributed by atoms with Gasteiger partial charge in [0.15, 0.2) is 16.7 Å². The fraction of sp³-hybridized carbons (Fsp3) is 0.200. The molecular formula is C25H20F3N5O5. The number of nitrogens with zero attached hydrogens (tertiary/aromatic N) is 3. The first-order valence-corrected chi connectivity index (χ1v) is 11.3. The molecule has 0 aliphatic carbocycles. The number of likely N-dealkylation sites (N-methyl/N-ethyl adjacent to an activating group) is 1. The van der Waals surface area contributed by atoms with E-state index in [0.29, 0.717) is 15.8 Å². The van der Waals surface area contributed by atoms with E-state index in [2.05, 4.69) is 20.4 Å². The monoisotopic (exact) mass is 527 g/mol. The predicted octanol–water partition coefficient (Wildman–Crippen LogP) is 3.79. The van der Waals surface area contributed by atoms with Gasteiger partial charge in [-0.2, -0.15) is 17.7 Å². The van der Waals surface area contributed by atoms with Crippen molar-refractivity contribution in [2.45, 2.75) is 12.8 Å². The summed E-state index contributed by atoms with van der Waals surface area (Å²) >= 11 is 0. The number of aromatic amines is 1. The van der Waals surface area contributed by atoms with Gasteiger partial charge in [0, 0.05) is 7.05 Å². The van der Waals surface area contributed by atoms with Crippen molar-refractivity contribution in [1.29, 1.82) is 0 Å². The number of methoxy groups -OCH3 is 1. The molecular weight excluding hydrogens is 507 g/mol. The number of benzene rings is 2. The van der Waals surface area contributed by atoms with Crippen LogP contribution in [0, 0.1) is 0 Å². The third-order valence-electron chi connectivity index (χ3n) is 5.77. The Morgan fingerprint density at radius 3 is 2.55 bits per heavy atom. The molecule has 0 atom stereocenters. The molecule has 0 unspecified atom stereocenters. The Bertz CT molecular complexity index is 1710. The zero-order valence-corrected chi connectivity index (χ0v) is 20.0. The minimum Gasteiger partial charge on any atom is -0.494 e. The SMILES string of the molecule is CNC(=O)COCc1nc2c(-c3ccccc3)c(C(F)(F)F)[nH]n2c(=O)c1-c1nc2c(OC)cccc2o1. The van der Waals surface area contributed by atoms with E-state index < -0.39 is 23.3 Å². The topological polar surface area (TPSA) is 124 Å². The minimum atomic E-state index is -4.83. The lowest BCUT2D eigenvalue weighted by molar-refractivity contribution is -0.140. The number of fused-ring (bicyclic) bond motifs is 2. The highest BCUT2D eigenvalue weighted by atomic mass is 19.4.